The number of ether oxygens (including phenoxy) is 2. The molecule has 0 bridgehead atoms. The van der Waals surface area contributed by atoms with E-state index in [1.54, 1.807) is 13.2 Å². The molecule has 2 heterocycles. The van der Waals surface area contributed by atoms with Crippen LogP contribution in [0.5, 0.6) is 11.5 Å². The number of nitrogens with one attached hydrogen (secondary N) is 1. The van der Waals surface area contributed by atoms with E-state index < -0.39 is 5.97 Å². The Morgan fingerprint density at radius 1 is 1.16 bits per heavy atom. The second kappa shape index (κ2) is 8.40. The summed E-state index contributed by atoms with van der Waals surface area (Å²) in [6.45, 7) is 5.22. The molecule has 1 aliphatic rings. The quantitative estimate of drug-likeness (QED) is 0.686. The first-order chi connectivity index (χ1) is 14.9. The van der Waals surface area contributed by atoms with Crippen LogP contribution in [0.15, 0.2) is 42.5 Å². The summed E-state index contributed by atoms with van der Waals surface area (Å²) in [5, 5.41) is 12.7. The number of aromatic nitrogens is 1. The van der Waals surface area contributed by atoms with Gasteiger partial charge in [0.2, 0.25) is 0 Å². The van der Waals surface area contributed by atoms with Gasteiger partial charge in [-0.25, -0.2) is 4.98 Å². The number of carbonyl (C=O) groups excluding carboxylic acids is 1. The van der Waals surface area contributed by atoms with Crippen LogP contribution in [-0.2, 0) is 6.54 Å². The molecular weight excluding hydrogens is 392 g/mol. The maximum atomic E-state index is 12.1. The molecule has 1 aromatic heterocycles. The molecule has 0 saturated heterocycles. The van der Waals surface area contributed by atoms with Crippen molar-refractivity contribution in [3.05, 3.63) is 64.8 Å². The Balaban J connectivity index is 1.96. The van der Waals surface area contributed by atoms with Crippen molar-refractivity contribution >= 4 is 28.5 Å². The second-order valence-corrected chi connectivity index (χ2v) is 8.14. The smallest absolute Gasteiger partial charge is 0.168 e. The Labute approximate surface area is 181 Å². The van der Waals surface area contributed by atoms with Gasteiger partial charge in [0.05, 0.1) is 37.4 Å². The minimum atomic E-state index is -1.17. The highest BCUT2D eigenvalue weighted by atomic mass is 16.5. The van der Waals surface area contributed by atoms with Gasteiger partial charge in [0, 0.05) is 27.6 Å². The Morgan fingerprint density at radius 3 is 2.65 bits per heavy atom. The third kappa shape index (κ3) is 3.99. The van der Waals surface area contributed by atoms with Crippen LogP contribution in [0, 0.1) is 0 Å². The van der Waals surface area contributed by atoms with Gasteiger partial charge in [0.25, 0.3) is 0 Å². The zero-order chi connectivity index (χ0) is 22.1. The number of carboxylic acids is 1. The average molecular weight is 418 g/mol. The van der Waals surface area contributed by atoms with Crippen LogP contribution < -0.4 is 19.5 Å². The molecule has 0 fully saturated rings. The van der Waals surface area contributed by atoms with Gasteiger partial charge in [-0.1, -0.05) is 30.3 Å². The summed E-state index contributed by atoms with van der Waals surface area (Å²) >= 11 is 0. The molecule has 0 radical (unpaired) electrons. The van der Waals surface area contributed by atoms with Gasteiger partial charge in [-0.2, -0.15) is 0 Å². The Kier molecular flexibility index (Phi) is 5.65. The SMILES string of the molecule is COc1cccc(/C=C2\C[NH+](C)Cc3c2nc2ccccc2c3C(=O)[O-])c1OC(C)C. The molecule has 31 heavy (non-hydrogen) atoms. The van der Waals surface area contributed by atoms with Crippen molar-refractivity contribution in [2.75, 3.05) is 20.7 Å². The van der Waals surface area contributed by atoms with Crippen molar-refractivity contribution in [2.45, 2.75) is 26.5 Å². The van der Waals surface area contributed by atoms with Crippen molar-refractivity contribution in [3.8, 4) is 11.5 Å². The van der Waals surface area contributed by atoms with Crippen LogP contribution in [0.4, 0.5) is 0 Å². The number of nitrogens with zero attached hydrogens (tertiary/aromatic N) is 1. The number of carbonyl (C=O) groups is 1. The van der Waals surface area contributed by atoms with E-state index in [2.05, 4.69) is 0 Å². The molecule has 2 aromatic carbocycles. The van der Waals surface area contributed by atoms with E-state index in [0.717, 1.165) is 11.1 Å². The van der Waals surface area contributed by atoms with Gasteiger partial charge in [0.1, 0.15) is 13.1 Å². The Hall–Kier alpha value is -3.38. The Bertz CT molecular complexity index is 1180. The summed E-state index contributed by atoms with van der Waals surface area (Å²) < 4.78 is 11.6. The van der Waals surface area contributed by atoms with Gasteiger partial charge in [-0.3, -0.25) is 0 Å². The average Bonchev–Trinajstić information content (AvgIpc) is 2.72. The number of quaternary nitrogens is 1. The van der Waals surface area contributed by atoms with E-state index in [0.29, 0.717) is 46.7 Å². The molecule has 4 rings (SSSR count). The number of methoxy groups -OCH3 is 1. The maximum absolute atomic E-state index is 12.1. The van der Waals surface area contributed by atoms with Crippen LogP contribution in [0.2, 0.25) is 0 Å². The summed E-state index contributed by atoms with van der Waals surface area (Å²) in [4.78, 5) is 18.1. The van der Waals surface area contributed by atoms with E-state index in [4.69, 9.17) is 14.5 Å². The predicted molar refractivity (Wildman–Crippen MR) is 118 cm³/mol. The number of likely N-dealkylation sites (N-methyl/N-ethyl adjacent to an activating group) is 1. The van der Waals surface area contributed by atoms with Crippen LogP contribution in [0.25, 0.3) is 22.6 Å². The van der Waals surface area contributed by atoms with E-state index in [1.165, 1.54) is 4.90 Å². The summed E-state index contributed by atoms with van der Waals surface area (Å²) in [5.74, 6) is 0.147. The largest absolute Gasteiger partial charge is 0.545 e. The molecule has 1 atom stereocenters. The highest BCUT2D eigenvalue weighted by Crippen LogP contribution is 2.36. The first kappa shape index (κ1) is 20.9. The number of carboxylic acid groups (broad SMARTS) is 1. The lowest BCUT2D eigenvalue weighted by Crippen LogP contribution is -3.08. The molecule has 6 nitrogen and oxygen atoms in total. The van der Waals surface area contributed by atoms with Gasteiger partial charge >= 0.3 is 0 Å². The monoisotopic (exact) mass is 418 g/mol. The first-order valence-corrected chi connectivity index (χ1v) is 10.4. The number of fused-ring (bicyclic) bond motifs is 2. The van der Waals surface area contributed by atoms with Crippen LogP contribution in [-0.4, -0.2) is 37.8 Å². The van der Waals surface area contributed by atoms with Crippen LogP contribution in [0.1, 0.15) is 41.0 Å². The molecule has 1 aliphatic heterocycles. The fraction of sp³-hybridized carbons (Fsp3) is 0.280. The fourth-order valence-corrected chi connectivity index (χ4v) is 4.17. The van der Waals surface area contributed by atoms with Crippen molar-refractivity contribution in [3.63, 3.8) is 0 Å². The molecule has 0 saturated carbocycles. The standard InChI is InChI=1S/C25H26N2O4/c1-15(2)31-24-16(8-7-11-21(24)30-4)12-17-13-27(3)14-19-22(25(28)29)18-9-5-6-10-20(18)26-23(17)19/h5-12,15H,13-14H2,1-4H3,(H,28,29)/b17-12+. The number of hydrogen-bond acceptors (Lipinski definition) is 5. The zero-order valence-electron chi connectivity index (χ0n) is 18.2. The molecule has 0 aliphatic carbocycles. The number of pyridine rings is 1. The third-order valence-corrected chi connectivity index (χ3v) is 5.38. The summed E-state index contributed by atoms with van der Waals surface area (Å²) in [6.07, 6.45) is 2.01. The number of benzene rings is 2. The first-order valence-electron chi connectivity index (χ1n) is 10.4. The van der Waals surface area contributed by atoms with Crippen molar-refractivity contribution in [2.24, 2.45) is 0 Å². The lowest BCUT2D eigenvalue weighted by molar-refractivity contribution is -0.887. The number of rotatable bonds is 5. The lowest BCUT2D eigenvalue weighted by atomic mass is 9.92. The van der Waals surface area contributed by atoms with Crippen LogP contribution >= 0.6 is 0 Å². The summed E-state index contributed by atoms with van der Waals surface area (Å²) in [5.41, 5.74) is 4.12. The van der Waals surface area contributed by atoms with Crippen molar-refractivity contribution in [1.82, 2.24) is 4.98 Å². The minimum absolute atomic E-state index is 0.0212. The van der Waals surface area contributed by atoms with Gasteiger partial charge in [0.15, 0.2) is 11.5 Å². The summed E-state index contributed by atoms with van der Waals surface area (Å²) in [6, 6.07) is 13.1. The predicted octanol–water partition coefficient (Wildman–Crippen LogP) is 1.96. The minimum Gasteiger partial charge on any atom is -0.545 e. The lowest BCUT2D eigenvalue weighted by Gasteiger charge is -2.27. The van der Waals surface area contributed by atoms with Gasteiger partial charge < -0.3 is 24.3 Å². The summed E-state index contributed by atoms with van der Waals surface area (Å²) in [7, 11) is 3.66. The number of aromatic carboxylic acids is 1. The second-order valence-electron chi connectivity index (χ2n) is 8.14. The third-order valence-electron chi connectivity index (χ3n) is 5.38. The number of hydrogen-bond donors (Lipinski definition) is 1. The molecule has 0 spiro atoms. The Morgan fingerprint density at radius 2 is 1.94 bits per heavy atom. The van der Waals surface area contributed by atoms with Crippen LogP contribution in [0.3, 0.4) is 0 Å². The number of para-hydroxylation sites is 2. The molecule has 3 aromatic rings. The maximum Gasteiger partial charge on any atom is 0.168 e. The van der Waals surface area contributed by atoms with E-state index in [9.17, 15) is 9.90 Å². The normalized spacial score (nSPS) is 17.1. The van der Waals surface area contributed by atoms with Gasteiger partial charge in [-0.05, 0) is 32.1 Å². The topological polar surface area (TPSA) is 75.9 Å². The van der Waals surface area contributed by atoms with Gasteiger partial charge in [-0.15, -0.1) is 0 Å². The molecule has 1 N–H and O–H groups in total. The van der Waals surface area contributed by atoms with E-state index >= 15 is 0 Å². The highest BCUT2D eigenvalue weighted by Gasteiger charge is 2.27. The zero-order valence-corrected chi connectivity index (χ0v) is 18.2. The molecular formula is C25H26N2O4. The fourth-order valence-electron chi connectivity index (χ4n) is 4.17. The highest BCUT2D eigenvalue weighted by molar-refractivity contribution is 6.05. The van der Waals surface area contributed by atoms with Crippen molar-refractivity contribution in [1.29, 1.82) is 0 Å². The van der Waals surface area contributed by atoms with E-state index in [-0.39, 0.29) is 11.7 Å². The van der Waals surface area contributed by atoms with Crippen molar-refractivity contribution < 1.29 is 24.3 Å². The molecule has 6 heteroatoms. The molecule has 1 unspecified atom stereocenters. The van der Waals surface area contributed by atoms with E-state index in [1.807, 2.05) is 63.4 Å². The molecule has 0 amide bonds. The molecule has 160 valence electrons.